The fourth-order valence-corrected chi connectivity index (χ4v) is 3.36. The van der Waals surface area contributed by atoms with Crippen molar-refractivity contribution in [2.45, 2.75) is 20.4 Å². The molecule has 0 radical (unpaired) electrons. The number of hydrogen-bond donors (Lipinski definition) is 4. The van der Waals surface area contributed by atoms with Crippen molar-refractivity contribution in [2.75, 3.05) is 24.1 Å². The van der Waals surface area contributed by atoms with Gasteiger partial charge in [-0.3, -0.25) is 20.0 Å². The highest BCUT2D eigenvalue weighted by atomic mass is 16.3. The lowest BCUT2D eigenvalue weighted by Gasteiger charge is -2.17. The van der Waals surface area contributed by atoms with E-state index in [-0.39, 0.29) is 60.1 Å². The summed E-state index contributed by atoms with van der Waals surface area (Å²) >= 11 is 0. The summed E-state index contributed by atoms with van der Waals surface area (Å²) in [5.74, 6) is -0.900. The summed E-state index contributed by atoms with van der Waals surface area (Å²) in [6.45, 7) is 1.19. The number of phenolic OH excluding ortho intramolecular Hbond substituents is 1. The first-order valence-electron chi connectivity index (χ1n) is 9.04. The number of hydrogen-bond acceptors (Lipinski definition) is 6. The molecule has 3 heterocycles. The number of amidine groups is 1. The van der Waals surface area contributed by atoms with Crippen molar-refractivity contribution in [3.63, 3.8) is 0 Å². The van der Waals surface area contributed by atoms with E-state index in [1.807, 2.05) is 7.05 Å². The van der Waals surface area contributed by atoms with Crippen LogP contribution in [0.25, 0.3) is 0 Å². The number of aromatic hydroxyl groups is 1. The van der Waals surface area contributed by atoms with Crippen LogP contribution in [0.1, 0.15) is 13.8 Å². The molecule has 11 heteroatoms. The van der Waals surface area contributed by atoms with Crippen LogP contribution < -0.4 is 15.6 Å². The summed E-state index contributed by atoms with van der Waals surface area (Å²) in [4.78, 5) is 29.1. The van der Waals surface area contributed by atoms with Gasteiger partial charge in [0.15, 0.2) is 18.1 Å². The van der Waals surface area contributed by atoms with E-state index in [1.54, 1.807) is 32.9 Å². The normalized spacial score (nSPS) is 16.8. The number of amides is 2. The number of nitrogens with one attached hydrogen (secondary N) is 2. The molecule has 5 N–H and O–H groups in total. The number of nitrogens with two attached hydrogens (primary N) is 1. The van der Waals surface area contributed by atoms with Crippen LogP contribution in [0.4, 0.5) is 17.1 Å². The number of carbonyl (C=O) groups is 2. The van der Waals surface area contributed by atoms with E-state index in [1.165, 1.54) is 17.1 Å². The van der Waals surface area contributed by atoms with E-state index in [9.17, 15) is 14.7 Å². The third-order valence-corrected chi connectivity index (χ3v) is 4.75. The number of anilines is 2. The van der Waals surface area contributed by atoms with E-state index in [4.69, 9.17) is 11.1 Å². The number of imidazole rings is 1. The monoisotopic (exact) mass is 413 g/mol. The molecule has 30 heavy (non-hydrogen) atoms. The molecule has 0 bridgehead atoms. The minimum Gasteiger partial charge on any atom is -0.506 e. The van der Waals surface area contributed by atoms with Gasteiger partial charge in [-0.05, 0) is 12.5 Å². The molecule has 0 saturated carbocycles. The number of rotatable bonds is 4. The maximum Gasteiger partial charge on any atom is 0.294 e. The molecule has 4 rings (SSSR count). The van der Waals surface area contributed by atoms with Gasteiger partial charge in [0.05, 0.1) is 24.1 Å². The van der Waals surface area contributed by atoms with Gasteiger partial charge in [0.1, 0.15) is 18.1 Å². The Labute approximate surface area is 173 Å². The fraction of sp³-hybridized carbons (Fsp3) is 0.316. The number of benzene rings is 1. The van der Waals surface area contributed by atoms with Crippen LogP contribution in [0.5, 0.6) is 5.75 Å². The SMILES string of the molecule is C.C[n+]1ccn(CC(=O)Nc2cc(N=C3C(=N)N4CCCN4C3=O)c(N)cc2O)c1. The molecule has 2 amide bonds. The van der Waals surface area contributed by atoms with Gasteiger partial charge in [0, 0.05) is 19.2 Å². The summed E-state index contributed by atoms with van der Waals surface area (Å²) in [5, 5.41) is 24.0. The van der Waals surface area contributed by atoms with Crippen LogP contribution in [-0.4, -0.2) is 56.1 Å². The number of aliphatic imine (C=N–C) groups is 1. The van der Waals surface area contributed by atoms with Crippen molar-refractivity contribution < 1.29 is 19.3 Å². The first-order chi connectivity index (χ1) is 13.8. The van der Waals surface area contributed by atoms with Crippen molar-refractivity contribution in [2.24, 2.45) is 12.0 Å². The minimum atomic E-state index is -0.356. The maximum atomic E-state index is 12.5. The molecule has 0 atom stereocenters. The molecule has 0 aliphatic carbocycles. The molecule has 0 unspecified atom stereocenters. The van der Waals surface area contributed by atoms with Gasteiger partial charge in [0.25, 0.3) is 11.8 Å². The van der Waals surface area contributed by atoms with Gasteiger partial charge in [-0.25, -0.2) is 19.1 Å². The molecule has 0 spiro atoms. The lowest BCUT2D eigenvalue weighted by molar-refractivity contribution is -0.671. The van der Waals surface area contributed by atoms with Crippen molar-refractivity contribution >= 4 is 40.4 Å². The van der Waals surface area contributed by atoms with Crippen molar-refractivity contribution in [3.05, 3.63) is 30.9 Å². The van der Waals surface area contributed by atoms with Gasteiger partial charge < -0.3 is 16.2 Å². The highest BCUT2D eigenvalue weighted by Crippen LogP contribution is 2.35. The Balaban J connectivity index is 0.00000256. The predicted molar refractivity (Wildman–Crippen MR) is 111 cm³/mol. The van der Waals surface area contributed by atoms with Crippen LogP contribution in [0.15, 0.2) is 35.8 Å². The second-order valence-corrected chi connectivity index (χ2v) is 6.94. The number of aryl methyl sites for hydroxylation is 1. The topological polar surface area (TPSA) is 144 Å². The van der Waals surface area contributed by atoms with E-state index in [0.29, 0.717) is 13.1 Å². The molecular weight excluding hydrogens is 388 g/mol. The second-order valence-electron chi connectivity index (χ2n) is 6.94. The minimum absolute atomic E-state index is 0. The number of hydrazine groups is 1. The van der Waals surface area contributed by atoms with Crippen molar-refractivity contribution in [3.8, 4) is 5.75 Å². The summed E-state index contributed by atoms with van der Waals surface area (Å²) in [6.07, 6.45) is 6.10. The fourth-order valence-electron chi connectivity index (χ4n) is 3.36. The third-order valence-electron chi connectivity index (χ3n) is 4.75. The van der Waals surface area contributed by atoms with Crippen LogP contribution in [0.3, 0.4) is 0 Å². The highest BCUT2D eigenvalue weighted by molar-refractivity contribution is 6.68. The molecule has 1 aromatic heterocycles. The molecular formula is C19H25N8O3+. The lowest BCUT2D eigenvalue weighted by atomic mass is 10.2. The van der Waals surface area contributed by atoms with E-state index in [0.717, 1.165) is 6.42 Å². The zero-order chi connectivity index (χ0) is 20.7. The Kier molecular flexibility index (Phi) is 5.45. The highest BCUT2D eigenvalue weighted by Gasteiger charge is 2.42. The van der Waals surface area contributed by atoms with Crippen molar-refractivity contribution in [1.82, 2.24) is 14.6 Å². The van der Waals surface area contributed by atoms with E-state index >= 15 is 0 Å². The molecule has 2 fully saturated rings. The molecule has 158 valence electrons. The quantitative estimate of drug-likeness (QED) is 0.326. The Bertz CT molecular complexity index is 1030. The van der Waals surface area contributed by atoms with Gasteiger partial charge in [0.2, 0.25) is 6.33 Å². The Morgan fingerprint density at radius 3 is 2.77 bits per heavy atom. The number of fused-ring (bicyclic) bond motifs is 1. The number of carbonyl (C=O) groups excluding carboxylic acids is 2. The zero-order valence-corrected chi connectivity index (χ0v) is 15.8. The first-order valence-corrected chi connectivity index (χ1v) is 9.04. The van der Waals surface area contributed by atoms with Crippen LogP contribution in [0.2, 0.25) is 0 Å². The zero-order valence-electron chi connectivity index (χ0n) is 15.8. The standard InChI is InChI=1S/C18H20N8O3.CH4/c1-23-5-6-24(10-23)9-15(28)21-13-8-12(11(19)7-14(13)27)22-16-17(20)25-3-2-4-26(25)18(16)29;/h5-8,10H,2-4,9H2,1H3,(H4-,19,20,21,22,27,28,29);1H4/p+1. The lowest BCUT2D eigenvalue weighted by Crippen LogP contribution is -2.33. The smallest absolute Gasteiger partial charge is 0.294 e. The maximum absolute atomic E-state index is 12.5. The molecule has 2 aliphatic heterocycles. The van der Waals surface area contributed by atoms with E-state index in [2.05, 4.69) is 10.3 Å². The average molecular weight is 413 g/mol. The Morgan fingerprint density at radius 2 is 2.10 bits per heavy atom. The van der Waals surface area contributed by atoms with Crippen LogP contribution >= 0.6 is 0 Å². The van der Waals surface area contributed by atoms with Gasteiger partial charge in [-0.1, -0.05) is 7.43 Å². The molecule has 1 aromatic carbocycles. The first kappa shape index (κ1) is 20.8. The number of phenols is 1. The van der Waals surface area contributed by atoms with Crippen molar-refractivity contribution in [1.29, 1.82) is 5.41 Å². The number of aromatic nitrogens is 2. The van der Waals surface area contributed by atoms with Crippen LogP contribution in [-0.2, 0) is 23.2 Å². The van der Waals surface area contributed by atoms with Crippen LogP contribution in [0, 0.1) is 5.41 Å². The summed E-state index contributed by atoms with van der Waals surface area (Å²) in [5.41, 5.74) is 6.37. The Morgan fingerprint density at radius 1 is 1.37 bits per heavy atom. The predicted octanol–water partition coefficient (Wildman–Crippen LogP) is 0.388. The third kappa shape index (κ3) is 3.69. The molecule has 11 nitrogen and oxygen atoms in total. The summed E-state index contributed by atoms with van der Waals surface area (Å²) < 4.78 is 3.49. The van der Waals surface area contributed by atoms with Gasteiger partial charge in [-0.15, -0.1) is 0 Å². The molecule has 2 saturated heterocycles. The number of nitrogen functional groups attached to an aromatic ring is 1. The Hall–Kier alpha value is -3.89. The van der Waals surface area contributed by atoms with Gasteiger partial charge >= 0.3 is 0 Å². The molecule has 2 aliphatic rings. The second kappa shape index (κ2) is 7.85. The summed E-state index contributed by atoms with van der Waals surface area (Å²) in [6, 6.07) is 2.65. The molecule has 2 aromatic rings. The largest absolute Gasteiger partial charge is 0.506 e. The average Bonchev–Trinajstić information content (AvgIpc) is 3.35. The summed E-state index contributed by atoms with van der Waals surface area (Å²) in [7, 11) is 1.84. The van der Waals surface area contributed by atoms with E-state index < -0.39 is 0 Å². The van der Waals surface area contributed by atoms with Gasteiger partial charge in [-0.2, -0.15) is 0 Å². The number of nitrogens with zero attached hydrogens (tertiary/aromatic N) is 5.